The van der Waals surface area contributed by atoms with Gasteiger partial charge in [-0.1, -0.05) is 24.4 Å². The van der Waals surface area contributed by atoms with Crippen molar-refractivity contribution >= 4 is 11.6 Å². The Labute approximate surface area is 136 Å². The highest BCUT2D eigenvalue weighted by Gasteiger charge is 2.31. The fourth-order valence-electron chi connectivity index (χ4n) is 3.21. The first kappa shape index (κ1) is 16.0. The van der Waals surface area contributed by atoms with Crippen LogP contribution in [0.25, 0.3) is 0 Å². The van der Waals surface area contributed by atoms with E-state index in [2.05, 4.69) is 10.2 Å². The molecule has 1 aliphatic heterocycles. The first-order valence-electron chi connectivity index (χ1n) is 8.25. The number of piperazine rings is 1. The molecule has 1 aromatic rings. The van der Waals surface area contributed by atoms with Crippen molar-refractivity contribution in [3.63, 3.8) is 0 Å². The van der Waals surface area contributed by atoms with Crippen LogP contribution in [0.15, 0.2) is 12.1 Å². The van der Waals surface area contributed by atoms with Crippen LogP contribution < -0.4 is 10.1 Å². The van der Waals surface area contributed by atoms with Crippen molar-refractivity contribution in [3.8, 4) is 5.75 Å². The van der Waals surface area contributed by atoms with Crippen LogP contribution in [0, 0.1) is 11.7 Å². The van der Waals surface area contributed by atoms with Gasteiger partial charge in [0.15, 0.2) is 11.6 Å². The van der Waals surface area contributed by atoms with Crippen LogP contribution in [0.4, 0.5) is 4.39 Å². The second-order valence-corrected chi connectivity index (χ2v) is 6.63. The van der Waals surface area contributed by atoms with Crippen LogP contribution >= 0.6 is 11.6 Å². The Morgan fingerprint density at radius 1 is 1.36 bits per heavy atom. The van der Waals surface area contributed by atoms with Gasteiger partial charge in [0.05, 0.1) is 11.6 Å². The van der Waals surface area contributed by atoms with E-state index in [9.17, 15) is 4.39 Å². The molecule has 1 heterocycles. The predicted octanol–water partition coefficient (Wildman–Crippen LogP) is 3.62. The van der Waals surface area contributed by atoms with E-state index >= 15 is 0 Å². The van der Waals surface area contributed by atoms with Crippen molar-refractivity contribution in [2.75, 3.05) is 32.8 Å². The van der Waals surface area contributed by atoms with E-state index in [4.69, 9.17) is 16.3 Å². The van der Waals surface area contributed by atoms with Gasteiger partial charge in [-0.15, -0.1) is 0 Å². The fourth-order valence-corrected chi connectivity index (χ4v) is 3.48. The molecule has 1 saturated heterocycles. The molecule has 3 rings (SSSR count). The summed E-state index contributed by atoms with van der Waals surface area (Å²) in [6.45, 7) is 6.25. The van der Waals surface area contributed by atoms with Crippen molar-refractivity contribution in [2.24, 2.45) is 5.92 Å². The highest BCUT2D eigenvalue weighted by atomic mass is 35.5. The SMILES string of the molecule is CCOc1c(F)cc([C@H](CC2CC2)N2CCNCC2)cc1Cl. The van der Waals surface area contributed by atoms with Crippen LogP contribution in [0.1, 0.15) is 37.8 Å². The van der Waals surface area contributed by atoms with Crippen LogP contribution in [0.2, 0.25) is 5.02 Å². The molecule has 22 heavy (non-hydrogen) atoms. The lowest BCUT2D eigenvalue weighted by atomic mass is 9.98. The first-order chi connectivity index (χ1) is 10.7. The van der Waals surface area contributed by atoms with Crippen molar-refractivity contribution in [2.45, 2.75) is 32.2 Å². The molecule has 0 spiro atoms. The summed E-state index contributed by atoms with van der Waals surface area (Å²) in [7, 11) is 0. The van der Waals surface area contributed by atoms with Gasteiger partial charge >= 0.3 is 0 Å². The third kappa shape index (κ3) is 3.73. The minimum atomic E-state index is -0.347. The molecule has 1 aromatic carbocycles. The number of ether oxygens (including phenoxy) is 1. The number of halogens is 2. The maximum atomic E-state index is 14.3. The van der Waals surface area contributed by atoms with E-state index in [0.717, 1.165) is 44.1 Å². The predicted molar refractivity (Wildman–Crippen MR) is 87.1 cm³/mol. The summed E-state index contributed by atoms with van der Waals surface area (Å²) in [4.78, 5) is 2.46. The summed E-state index contributed by atoms with van der Waals surface area (Å²) in [5, 5.41) is 3.76. The summed E-state index contributed by atoms with van der Waals surface area (Å²) in [6.07, 6.45) is 3.70. The zero-order valence-corrected chi connectivity index (χ0v) is 13.8. The molecule has 2 fully saturated rings. The van der Waals surface area contributed by atoms with Crippen LogP contribution in [0.5, 0.6) is 5.75 Å². The Hall–Kier alpha value is -0.840. The minimum absolute atomic E-state index is 0.179. The van der Waals surface area contributed by atoms with E-state index in [1.807, 2.05) is 13.0 Å². The number of benzene rings is 1. The molecule has 3 nitrogen and oxygen atoms in total. The van der Waals surface area contributed by atoms with Gasteiger partial charge in [0, 0.05) is 32.2 Å². The van der Waals surface area contributed by atoms with E-state index in [1.165, 1.54) is 12.8 Å². The van der Waals surface area contributed by atoms with E-state index in [1.54, 1.807) is 6.07 Å². The Bertz CT molecular complexity index is 492. The van der Waals surface area contributed by atoms with Gasteiger partial charge < -0.3 is 10.1 Å². The average molecular weight is 327 g/mol. The molecule has 122 valence electrons. The standard InChI is InChI=1S/C17H24ClFN2O/c1-2-22-17-14(18)10-13(11-15(17)19)16(9-12-3-4-12)21-7-5-20-6-8-21/h10-12,16,20H,2-9H2,1H3/t16-/m0/s1. The second kappa shape index (κ2) is 7.16. The molecule has 0 bridgehead atoms. The zero-order chi connectivity index (χ0) is 15.5. The van der Waals surface area contributed by atoms with E-state index in [-0.39, 0.29) is 17.6 Å². The summed E-state index contributed by atoms with van der Waals surface area (Å²) >= 11 is 6.25. The Morgan fingerprint density at radius 2 is 2.09 bits per heavy atom. The minimum Gasteiger partial charge on any atom is -0.489 e. The largest absolute Gasteiger partial charge is 0.489 e. The molecule has 1 N–H and O–H groups in total. The average Bonchev–Trinajstić information content (AvgIpc) is 3.33. The highest BCUT2D eigenvalue weighted by molar-refractivity contribution is 6.32. The second-order valence-electron chi connectivity index (χ2n) is 6.23. The normalized spacial score (nSPS) is 20.9. The maximum absolute atomic E-state index is 14.3. The molecule has 0 amide bonds. The molecule has 1 atom stereocenters. The van der Waals surface area contributed by atoms with Crippen LogP contribution in [0.3, 0.4) is 0 Å². The molecular weight excluding hydrogens is 303 g/mol. The summed E-state index contributed by atoms with van der Waals surface area (Å²) in [6, 6.07) is 3.77. The smallest absolute Gasteiger partial charge is 0.173 e. The fraction of sp³-hybridized carbons (Fsp3) is 0.647. The molecular formula is C17H24ClFN2O. The first-order valence-corrected chi connectivity index (χ1v) is 8.63. The van der Waals surface area contributed by atoms with E-state index in [0.29, 0.717) is 11.6 Å². The Morgan fingerprint density at radius 3 is 2.68 bits per heavy atom. The molecule has 0 unspecified atom stereocenters. The summed E-state index contributed by atoms with van der Waals surface area (Å²) < 4.78 is 19.6. The number of rotatable bonds is 6. The van der Waals surface area contributed by atoms with Crippen molar-refractivity contribution in [1.82, 2.24) is 10.2 Å². The Balaban J connectivity index is 1.85. The molecule has 1 aliphatic carbocycles. The summed E-state index contributed by atoms with van der Waals surface area (Å²) in [5.74, 6) is 0.618. The van der Waals surface area contributed by atoms with Gasteiger partial charge in [-0.2, -0.15) is 0 Å². The van der Waals surface area contributed by atoms with Gasteiger partial charge in [0.2, 0.25) is 0 Å². The van der Waals surface area contributed by atoms with E-state index < -0.39 is 0 Å². The van der Waals surface area contributed by atoms with Crippen LogP contribution in [-0.4, -0.2) is 37.7 Å². The monoisotopic (exact) mass is 326 g/mol. The lowest BCUT2D eigenvalue weighted by Crippen LogP contribution is -2.45. The van der Waals surface area contributed by atoms with Crippen molar-refractivity contribution in [1.29, 1.82) is 0 Å². The third-order valence-corrected chi connectivity index (χ3v) is 4.82. The van der Waals surface area contributed by atoms with Crippen molar-refractivity contribution < 1.29 is 9.13 Å². The molecule has 1 saturated carbocycles. The van der Waals surface area contributed by atoms with Gasteiger partial charge in [-0.05, 0) is 37.0 Å². The molecule has 0 aromatic heterocycles. The van der Waals surface area contributed by atoms with Gasteiger partial charge in [-0.25, -0.2) is 4.39 Å². The lowest BCUT2D eigenvalue weighted by Gasteiger charge is -2.35. The molecule has 5 heteroatoms. The van der Waals surface area contributed by atoms with Crippen molar-refractivity contribution in [3.05, 3.63) is 28.5 Å². The number of nitrogens with zero attached hydrogens (tertiary/aromatic N) is 1. The van der Waals surface area contributed by atoms with Gasteiger partial charge in [-0.3, -0.25) is 4.90 Å². The number of hydrogen-bond acceptors (Lipinski definition) is 3. The number of hydrogen-bond donors (Lipinski definition) is 1. The Kier molecular flexibility index (Phi) is 5.21. The maximum Gasteiger partial charge on any atom is 0.173 e. The molecule has 2 aliphatic rings. The lowest BCUT2D eigenvalue weighted by molar-refractivity contribution is 0.160. The van der Waals surface area contributed by atoms with Crippen LogP contribution in [-0.2, 0) is 0 Å². The molecule has 0 radical (unpaired) electrons. The quantitative estimate of drug-likeness (QED) is 0.864. The summed E-state index contributed by atoms with van der Waals surface area (Å²) in [5.41, 5.74) is 0.986. The third-order valence-electron chi connectivity index (χ3n) is 4.54. The zero-order valence-electron chi connectivity index (χ0n) is 13.1. The highest BCUT2D eigenvalue weighted by Crippen LogP contribution is 2.42. The van der Waals surface area contributed by atoms with Gasteiger partial charge in [0.1, 0.15) is 0 Å². The topological polar surface area (TPSA) is 24.5 Å². The van der Waals surface area contributed by atoms with Gasteiger partial charge in [0.25, 0.3) is 0 Å². The number of nitrogens with one attached hydrogen (secondary N) is 1.